The molecule has 2 heterocycles. The molecule has 0 fully saturated rings. The molecule has 3 rings (SSSR count). The maximum Gasteiger partial charge on any atom is 0.287 e. The third kappa shape index (κ3) is 3.79. The maximum absolute atomic E-state index is 12.8. The molecule has 2 amide bonds. The highest BCUT2D eigenvalue weighted by Crippen LogP contribution is 2.22. The highest BCUT2D eigenvalue weighted by Gasteiger charge is 2.27. The zero-order chi connectivity index (χ0) is 18.7. The lowest BCUT2D eigenvalue weighted by atomic mass is 10.1. The highest BCUT2D eigenvalue weighted by atomic mass is 16.2. The van der Waals surface area contributed by atoms with E-state index in [4.69, 9.17) is 0 Å². The number of imidazole rings is 1. The number of amides is 2. The molecule has 2 N–H and O–H groups in total. The number of carbonyl (C=O) groups is 2. The average Bonchev–Trinajstić information content (AvgIpc) is 3.03. The van der Waals surface area contributed by atoms with Gasteiger partial charge < -0.3 is 15.2 Å². The number of carbonyl (C=O) groups excluding carboxylic acids is 2. The van der Waals surface area contributed by atoms with E-state index in [0.29, 0.717) is 11.5 Å². The number of aromatic nitrogens is 2. The third-order valence-electron chi connectivity index (χ3n) is 4.84. The van der Waals surface area contributed by atoms with Crippen molar-refractivity contribution < 1.29 is 9.59 Å². The summed E-state index contributed by atoms with van der Waals surface area (Å²) in [6.45, 7) is 6.71. The van der Waals surface area contributed by atoms with Crippen LogP contribution in [0, 0.1) is 6.92 Å². The molecule has 6 heteroatoms. The second kappa shape index (κ2) is 7.72. The Balaban J connectivity index is 1.88. The number of anilines is 1. The first-order chi connectivity index (χ1) is 12.5. The molecule has 0 saturated heterocycles. The quantitative estimate of drug-likeness (QED) is 0.865. The Morgan fingerprint density at radius 1 is 1.19 bits per heavy atom. The maximum atomic E-state index is 12.8. The molecular weight excluding hydrogens is 328 g/mol. The number of nitrogens with one attached hydrogen (secondary N) is 2. The number of benzene rings is 1. The van der Waals surface area contributed by atoms with Gasteiger partial charge in [-0.15, -0.1) is 0 Å². The van der Waals surface area contributed by atoms with E-state index >= 15 is 0 Å². The molecule has 2 aromatic rings. The Labute approximate surface area is 154 Å². The van der Waals surface area contributed by atoms with Crippen LogP contribution in [-0.4, -0.2) is 27.4 Å². The summed E-state index contributed by atoms with van der Waals surface area (Å²) in [5, 5.41) is 5.84. The van der Waals surface area contributed by atoms with E-state index in [1.54, 1.807) is 0 Å². The predicted molar refractivity (Wildman–Crippen MR) is 102 cm³/mol. The van der Waals surface area contributed by atoms with Crippen molar-refractivity contribution in [2.45, 2.75) is 59.0 Å². The number of aryl methyl sites for hydroxylation is 1. The summed E-state index contributed by atoms with van der Waals surface area (Å²) in [6.07, 6.45) is 3.61. The van der Waals surface area contributed by atoms with E-state index < -0.39 is 0 Å². The number of rotatable bonds is 5. The van der Waals surface area contributed by atoms with E-state index in [1.165, 1.54) is 0 Å². The lowest BCUT2D eigenvalue weighted by molar-refractivity contribution is 0.0923. The molecule has 1 aliphatic rings. The largest absolute Gasteiger partial charge is 0.347 e. The van der Waals surface area contributed by atoms with Crippen molar-refractivity contribution in [1.29, 1.82) is 0 Å². The molecule has 1 aromatic carbocycles. The minimum Gasteiger partial charge on any atom is -0.347 e. The fourth-order valence-electron chi connectivity index (χ4n) is 3.12. The summed E-state index contributed by atoms with van der Waals surface area (Å²) >= 11 is 0. The first kappa shape index (κ1) is 18.2. The van der Waals surface area contributed by atoms with Gasteiger partial charge in [-0.1, -0.05) is 24.6 Å². The second-order valence-corrected chi connectivity index (χ2v) is 6.94. The minimum absolute atomic E-state index is 0.0730. The van der Waals surface area contributed by atoms with Crippen LogP contribution in [0.5, 0.6) is 0 Å². The number of hydrogen-bond acceptors (Lipinski definition) is 3. The Morgan fingerprint density at radius 2 is 1.92 bits per heavy atom. The lowest BCUT2D eigenvalue weighted by Crippen LogP contribution is -2.34. The molecule has 1 unspecified atom stereocenters. The topological polar surface area (TPSA) is 76.0 Å². The lowest BCUT2D eigenvalue weighted by Gasteiger charge is -2.18. The van der Waals surface area contributed by atoms with Crippen LogP contribution in [-0.2, 0) is 13.0 Å². The summed E-state index contributed by atoms with van der Waals surface area (Å²) in [5.41, 5.74) is 3.07. The fraction of sp³-hybridized carbons (Fsp3) is 0.450. The van der Waals surface area contributed by atoms with Crippen molar-refractivity contribution in [1.82, 2.24) is 14.9 Å². The van der Waals surface area contributed by atoms with E-state index in [1.807, 2.05) is 49.6 Å². The molecule has 1 atom stereocenters. The van der Waals surface area contributed by atoms with E-state index in [0.717, 1.165) is 49.2 Å². The van der Waals surface area contributed by atoms with Crippen LogP contribution < -0.4 is 10.6 Å². The number of fused-ring (bicyclic) bond motifs is 1. The van der Waals surface area contributed by atoms with Crippen LogP contribution in [0.2, 0.25) is 0 Å². The van der Waals surface area contributed by atoms with Crippen LogP contribution in [0.25, 0.3) is 0 Å². The molecule has 6 nitrogen and oxygen atoms in total. The Morgan fingerprint density at radius 3 is 2.62 bits per heavy atom. The van der Waals surface area contributed by atoms with Crippen LogP contribution >= 0.6 is 0 Å². The van der Waals surface area contributed by atoms with Gasteiger partial charge >= 0.3 is 0 Å². The van der Waals surface area contributed by atoms with Crippen LogP contribution in [0.15, 0.2) is 24.3 Å². The van der Waals surface area contributed by atoms with Gasteiger partial charge in [0.1, 0.15) is 0 Å². The first-order valence-corrected chi connectivity index (χ1v) is 9.28. The number of nitrogens with zero attached hydrogens (tertiary/aromatic N) is 2. The van der Waals surface area contributed by atoms with Gasteiger partial charge in [0.2, 0.25) is 0 Å². The van der Waals surface area contributed by atoms with Gasteiger partial charge in [0.05, 0.1) is 5.69 Å². The first-order valence-electron chi connectivity index (χ1n) is 9.28. The van der Waals surface area contributed by atoms with Gasteiger partial charge in [-0.3, -0.25) is 9.59 Å². The molecule has 0 bridgehead atoms. The molecule has 0 saturated carbocycles. The van der Waals surface area contributed by atoms with Gasteiger partial charge in [0, 0.05) is 18.3 Å². The molecule has 1 aliphatic heterocycles. The Kier molecular flexibility index (Phi) is 5.40. The molecule has 0 aliphatic carbocycles. The van der Waals surface area contributed by atoms with E-state index in [9.17, 15) is 9.59 Å². The molecule has 0 radical (unpaired) electrons. The molecule has 26 heavy (non-hydrogen) atoms. The van der Waals surface area contributed by atoms with Gasteiger partial charge in [0.15, 0.2) is 11.5 Å². The van der Waals surface area contributed by atoms with Crippen molar-refractivity contribution in [2.75, 3.05) is 5.32 Å². The molecule has 0 spiro atoms. The Bertz CT molecular complexity index is 808. The molecule has 1 aromatic heterocycles. The normalized spacial score (nSPS) is 14.4. The minimum atomic E-state index is -0.262. The fourth-order valence-corrected chi connectivity index (χ4v) is 3.12. The molecule has 138 valence electrons. The van der Waals surface area contributed by atoms with Crippen LogP contribution in [0.3, 0.4) is 0 Å². The van der Waals surface area contributed by atoms with Gasteiger partial charge in [-0.05, 0) is 51.7 Å². The van der Waals surface area contributed by atoms with Crippen molar-refractivity contribution >= 4 is 17.5 Å². The summed E-state index contributed by atoms with van der Waals surface area (Å²) in [5.74, 6) is -0.131. The summed E-state index contributed by atoms with van der Waals surface area (Å²) < 4.78 is 1.91. The third-order valence-corrected chi connectivity index (χ3v) is 4.84. The summed E-state index contributed by atoms with van der Waals surface area (Å²) in [7, 11) is 0. The monoisotopic (exact) mass is 354 g/mol. The summed E-state index contributed by atoms with van der Waals surface area (Å²) in [6, 6.07) is 7.70. The van der Waals surface area contributed by atoms with Crippen molar-refractivity contribution in [2.24, 2.45) is 0 Å². The van der Waals surface area contributed by atoms with Crippen molar-refractivity contribution in [3.05, 3.63) is 47.0 Å². The molecular formula is C20H26N4O2. The van der Waals surface area contributed by atoms with E-state index in [2.05, 4.69) is 15.6 Å². The highest BCUT2D eigenvalue weighted by molar-refractivity contribution is 6.05. The van der Waals surface area contributed by atoms with E-state index in [-0.39, 0.29) is 17.9 Å². The SMILES string of the molecule is CCC(C)NC(=O)c1nc(C(=O)Nc2ccc(C)cc2)c2n1CCCC2. The van der Waals surface area contributed by atoms with Gasteiger partial charge in [-0.25, -0.2) is 4.98 Å². The predicted octanol–water partition coefficient (Wildman–Crippen LogP) is 3.31. The van der Waals surface area contributed by atoms with Crippen molar-refractivity contribution in [3.63, 3.8) is 0 Å². The van der Waals surface area contributed by atoms with Crippen LogP contribution in [0.1, 0.15) is 65.5 Å². The zero-order valence-electron chi connectivity index (χ0n) is 15.6. The average molecular weight is 354 g/mol. The van der Waals surface area contributed by atoms with Gasteiger partial charge in [0.25, 0.3) is 11.8 Å². The Hall–Kier alpha value is -2.63. The second-order valence-electron chi connectivity index (χ2n) is 6.94. The van der Waals surface area contributed by atoms with Gasteiger partial charge in [-0.2, -0.15) is 0 Å². The summed E-state index contributed by atoms with van der Waals surface area (Å²) in [4.78, 5) is 29.8. The smallest absolute Gasteiger partial charge is 0.287 e. The van der Waals surface area contributed by atoms with Crippen molar-refractivity contribution in [3.8, 4) is 0 Å². The number of hydrogen-bond donors (Lipinski definition) is 2. The standard InChI is InChI=1S/C20H26N4O2/c1-4-14(3)21-20(26)18-23-17(16-7-5-6-12-24(16)18)19(25)22-15-10-8-13(2)9-11-15/h8-11,14H,4-7,12H2,1-3H3,(H,21,26)(H,22,25). The van der Waals surface area contributed by atoms with Crippen LogP contribution in [0.4, 0.5) is 5.69 Å². The zero-order valence-corrected chi connectivity index (χ0v) is 15.6.